The number of hydrogen-bond acceptors (Lipinski definition) is 8. The molecule has 1 heterocycles. The molecule has 1 aromatic carbocycles. The number of halogens is 1. The molecular weight excluding hydrogens is 406 g/mol. The van der Waals surface area contributed by atoms with Gasteiger partial charge in [0.1, 0.15) is 11.6 Å². The first-order chi connectivity index (χ1) is 12.4. The molecule has 0 aliphatic carbocycles. The van der Waals surface area contributed by atoms with Gasteiger partial charge in [0.15, 0.2) is 5.82 Å². The number of phenolic OH excluding ortho intramolecular Hbond substituents is 1. The molecule has 0 fully saturated rings. The van der Waals surface area contributed by atoms with E-state index in [2.05, 4.69) is 31.4 Å². The van der Waals surface area contributed by atoms with Crippen molar-refractivity contribution in [2.45, 2.75) is 13.5 Å². The van der Waals surface area contributed by atoms with E-state index < -0.39 is 16.4 Å². The predicted octanol–water partition coefficient (Wildman–Crippen LogP) is 3.23. The average Bonchev–Trinajstić information content (AvgIpc) is 2.57. The van der Waals surface area contributed by atoms with E-state index in [1.54, 1.807) is 13.0 Å². The van der Waals surface area contributed by atoms with Crippen LogP contribution in [-0.2, 0) is 11.3 Å². The number of nitro benzene ring substituents is 1. The zero-order chi connectivity index (χ0) is 19.3. The first kappa shape index (κ1) is 19.3. The van der Waals surface area contributed by atoms with Gasteiger partial charge in [0.05, 0.1) is 17.7 Å². The van der Waals surface area contributed by atoms with E-state index in [1.807, 2.05) is 6.07 Å². The van der Waals surface area contributed by atoms with E-state index >= 15 is 0 Å². The largest absolute Gasteiger partial charge is 0.502 e. The Morgan fingerprint density at radius 2 is 2.27 bits per heavy atom. The van der Waals surface area contributed by atoms with Gasteiger partial charge in [-0.3, -0.25) is 15.5 Å². The van der Waals surface area contributed by atoms with E-state index in [1.165, 1.54) is 25.5 Å². The van der Waals surface area contributed by atoms with Gasteiger partial charge in [-0.25, -0.2) is 4.98 Å². The first-order valence-corrected chi connectivity index (χ1v) is 8.02. The van der Waals surface area contributed by atoms with Crippen molar-refractivity contribution in [2.75, 3.05) is 12.5 Å². The van der Waals surface area contributed by atoms with Gasteiger partial charge in [0.2, 0.25) is 5.75 Å². The van der Waals surface area contributed by atoms with Crippen molar-refractivity contribution in [2.24, 2.45) is 5.10 Å². The molecule has 26 heavy (non-hydrogen) atoms. The Balaban J connectivity index is 2.35. The zero-order valence-electron chi connectivity index (χ0n) is 13.9. The van der Waals surface area contributed by atoms with Gasteiger partial charge in [-0.15, -0.1) is 0 Å². The van der Waals surface area contributed by atoms with Crippen LogP contribution in [0.5, 0.6) is 5.75 Å². The number of nitrogens with one attached hydrogen (secondary N) is 1. The highest BCUT2D eigenvalue weighted by Gasteiger charge is 2.17. The smallest absolute Gasteiger partial charge is 0.312 e. The fourth-order valence-corrected chi connectivity index (χ4v) is 2.69. The standard InChI is InChI=1S/C16H14BrN5O4/c1-9-3-11(8-26-2)13(6-18)16(20-9)21-19-7-10-4-12(17)5-14(15(10)23)22(24)25/h3-5,7,23H,8H2,1-2H3,(H,20,21)/b19-7+. The molecule has 0 amide bonds. The molecule has 10 heteroatoms. The fourth-order valence-electron chi connectivity index (χ4n) is 2.22. The molecule has 0 aliphatic heterocycles. The summed E-state index contributed by atoms with van der Waals surface area (Å²) >= 11 is 3.14. The number of nitro groups is 1. The van der Waals surface area contributed by atoms with Crippen LogP contribution in [0.3, 0.4) is 0 Å². The van der Waals surface area contributed by atoms with Gasteiger partial charge in [0, 0.05) is 34.5 Å². The molecule has 2 rings (SSSR count). The maximum atomic E-state index is 10.9. The van der Waals surface area contributed by atoms with Gasteiger partial charge in [0.25, 0.3) is 0 Å². The quantitative estimate of drug-likeness (QED) is 0.416. The monoisotopic (exact) mass is 419 g/mol. The van der Waals surface area contributed by atoms with Crippen molar-refractivity contribution >= 4 is 33.6 Å². The highest BCUT2D eigenvalue weighted by molar-refractivity contribution is 9.10. The molecule has 0 saturated carbocycles. The Kier molecular flexibility index (Phi) is 6.21. The van der Waals surface area contributed by atoms with Crippen molar-refractivity contribution in [1.82, 2.24) is 4.98 Å². The van der Waals surface area contributed by atoms with E-state index in [9.17, 15) is 20.5 Å². The Morgan fingerprint density at radius 3 is 2.88 bits per heavy atom. The third kappa shape index (κ3) is 4.33. The molecule has 0 spiro atoms. The number of aromatic nitrogens is 1. The summed E-state index contributed by atoms with van der Waals surface area (Å²) in [6, 6.07) is 6.44. The summed E-state index contributed by atoms with van der Waals surface area (Å²) in [5, 5.41) is 34.2. The van der Waals surface area contributed by atoms with Crippen LogP contribution in [0.25, 0.3) is 0 Å². The summed E-state index contributed by atoms with van der Waals surface area (Å²) in [4.78, 5) is 14.5. The summed E-state index contributed by atoms with van der Waals surface area (Å²) in [6.07, 6.45) is 1.20. The lowest BCUT2D eigenvalue weighted by Crippen LogP contribution is -2.03. The van der Waals surface area contributed by atoms with Gasteiger partial charge in [-0.2, -0.15) is 10.4 Å². The second-order valence-electron chi connectivity index (χ2n) is 5.18. The number of ether oxygens (including phenoxy) is 1. The van der Waals surface area contributed by atoms with Crippen LogP contribution in [0.15, 0.2) is 27.8 Å². The number of hydrogen-bond donors (Lipinski definition) is 2. The number of nitriles is 1. The molecule has 1 aromatic heterocycles. The SMILES string of the molecule is COCc1cc(C)nc(N/N=C/c2cc(Br)cc([N+](=O)[O-])c2O)c1C#N. The van der Waals surface area contributed by atoms with Crippen LogP contribution in [0.2, 0.25) is 0 Å². The van der Waals surface area contributed by atoms with Crippen molar-refractivity contribution in [3.05, 3.63) is 55.2 Å². The van der Waals surface area contributed by atoms with Gasteiger partial charge in [-0.05, 0) is 19.1 Å². The summed E-state index contributed by atoms with van der Waals surface area (Å²) in [7, 11) is 1.52. The Hall–Kier alpha value is -3.03. The number of aromatic hydroxyl groups is 1. The molecule has 2 aromatic rings. The van der Waals surface area contributed by atoms with E-state index in [0.717, 1.165) is 0 Å². The van der Waals surface area contributed by atoms with Gasteiger partial charge in [-0.1, -0.05) is 15.9 Å². The van der Waals surface area contributed by atoms with Crippen LogP contribution in [0, 0.1) is 28.4 Å². The number of hydrazone groups is 1. The van der Waals surface area contributed by atoms with Crippen LogP contribution in [0.4, 0.5) is 11.5 Å². The third-order valence-corrected chi connectivity index (χ3v) is 3.75. The normalized spacial score (nSPS) is 10.7. The lowest BCUT2D eigenvalue weighted by molar-refractivity contribution is -0.385. The Labute approximate surface area is 157 Å². The Bertz CT molecular complexity index is 924. The highest BCUT2D eigenvalue weighted by atomic mass is 79.9. The molecule has 0 bridgehead atoms. The third-order valence-electron chi connectivity index (χ3n) is 3.30. The van der Waals surface area contributed by atoms with E-state index in [4.69, 9.17) is 4.74 Å². The maximum Gasteiger partial charge on any atom is 0.312 e. The second kappa shape index (κ2) is 8.37. The molecular formula is C16H14BrN5O4. The van der Waals surface area contributed by atoms with Crippen LogP contribution >= 0.6 is 15.9 Å². The van der Waals surface area contributed by atoms with Gasteiger partial charge >= 0.3 is 5.69 Å². The average molecular weight is 420 g/mol. The maximum absolute atomic E-state index is 10.9. The lowest BCUT2D eigenvalue weighted by atomic mass is 10.1. The minimum Gasteiger partial charge on any atom is -0.502 e. The minimum absolute atomic E-state index is 0.127. The molecule has 9 nitrogen and oxygen atoms in total. The van der Waals surface area contributed by atoms with Crippen molar-refractivity contribution in [3.63, 3.8) is 0 Å². The van der Waals surface area contributed by atoms with E-state index in [0.29, 0.717) is 15.7 Å². The number of aryl methyl sites for hydroxylation is 1. The molecule has 0 radical (unpaired) electrons. The summed E-state index contributed by atoms with van der Waals surface area (Å²) in [5.74, 6) is -0.290. The Morgan fingerprint density at radius 1 is 1.54 bits per heavy atom. The first-order valence-electron chi connectivity index (χ1n) is 7.23. The molecule has 0 saturated heterocycles. The molecule has 0 aliphatic rings. The van der Waals surface area contributed by atoms with Gasteiger partial charge < -0.3 is 9.84 Å². The van der Waals surface area contributed by atoms with Crippen molar-refractivity contribution in [3.8, 4) is 11.8 Å². The highest BCUT2D eigenvalue weighted by Crippen LogP contribution is 2.32. The number of rotatable bonds is 6. The molecule has 134 valence electrons. The molecule has 2 N–H and O–H groups in total. The fraction of sp³-hybridized carbons (Fsp3) is 0.188. The van der Waals surface area contributed by atoms with Crippen molar-refractivity contribution in [1.29, 1.82) is 5.26 Å². The number of anilines is 1. The van der Waals surface area contributed by atoms with Crippen molar-refractivity contribution < 1.29 is 14.8 Å². The summed E-state index contributed by atoms with van der Waals surface area (Å²) < 4.78 is 5.49. The minimum atomic E-state index is -0.697. The number of pyridine rings is 1. The topological polar surface area (TPSA) is 134 Å². The summed E-state index contributed by atoms with van der Waals surface area (Å²) in [5.41, 5.74) is 3.90. The number of nitrogens with zero attached hydrogens (tertiary/aromatic N) is 4. The van der Waals surface area contributed by atoms with Crippen LogP contribution in [-0.4, -0.2) is 28.3 Å². The second-order valence-corrected chi connectivity index (χ2v) is 6.10. The van der Waals surface area contributed by atoms with E-state index in [-0.39, 0.29) is 23.6 Å². The van der Waals surface area contributed by atoms with Crippen LogP contribution in [0.1, 0.15) is 22.4 Å². The summed E-state index contributed by atoms with van der Waals surface area (Å²) in [6.45, 7) is 2.00. The molecule has 0 unspecified atom stereocenters. The van der Waals surface area contributed by atoms with Crippen LogP contribution < -0.4 is 5.43 Å². The number of methoxy groups -OCH3 is 1. The molecule has 0 atom stereocenters. The number of phenols is 1. The number of benzene rings is 1. The predicted molar refractivity (Wildman–Crippen MR) is 98.1 cm³/mol. The zero-order valence-corrected chi connectivity index (χ0v) is 15.4. The lowest BCUT2D eigenvalue weighted by Gasteiger charge is -2.09.